The SMILES string of the molecule is COc1ccsc1C(=O)c1c(Cl)cnn1C. The minimum absolute atomic E-state index is 0.170. The number of methoxy groups -OCH3 is 1. The summed E-state index contributed by atoms with van der Waals surface area (Å²) in [4.78, 5) is 12.7. The minimum Gasteiger partial charge on any atom is -0.495 e. The fraction of sp³-hybridized carbons (Fsp3) is 0.200. The average Bonchev–Trinajstić information content (AvgIpc) is 2.85. The number of nitrogens with zero attached hydrogens (tertiary/aromatic N) is 2. The lowest BCUT2D eigenvalue weighted by Gasteiger charge is -2.02. The summed E-state index contributed by atoms with van der Waals surface area (Å²) in [5.74, 6) is 0.393. The Morgan fingerprint density at radius 3 is 2.94 bits per heavy atom. The number of carbonyl (C=O) groups excluding carboxylic acids is 1. The number of aryl methyl sites for hydroxylation is 1. The summed E-state index contributed by atoms with van der Waals surface area (Å²) in [6.45, 7) is 0. The van der Waals surface area contributed by atoms with E-state index < -0.39 is 0 Å². The second kappa shape index (κ2) is 4.27. The summed E-state index contributed by atoms with van der Waals surface area (Å²) in [5, 5.41) is 6.08. The van der Waals surface area contributed by atoms with Gasteiger partial charge in [-0.15, -0.1) is 11.3 Å². The molecule has 0 aliphatic carbocycles. The van der Waals surface area contributed by atoms with Gasteiger partial charge in [0.1, 0.15) is 16.3 Å². The quantitative estimate of drug-likeness (QED) is 0.792. The molecule has 2 aromatic heterocycles. The van der Waals surface area contributed by atoms with Gasteiger partial charge in [0.2, 0.25) is 5.78 Å². The zero-order valence-electron chi connectivity index (χ0n) is 8.73. The summed E-state index contributed by atoms with van der Waals surface area (Å²) in [6.07, 6.45) is 1.45. The van der Waals surface area contributed by atoms with Gasteiger partial charge in [-0.2, -0.15) is 5.10 Å². The first kappa shape index (κ1) is 11.2. The predicted octanol–water partition coefficient (Wildman–Crippen LogP) is 2.37. The zero-order chi connectivity index (χ0) is 11.7. The lowest BCUT2D eigenvalue weighted by atomic mass is 10.2. The van der Waals surface area contributed by atoms with E-state index in [0.717, 1.165) is 0 Å². The average molecular weight is 257 g/mol. The van der Waals surface area contributed by atoms with E-state index in [1.54, 1.807) is 18.5 Å². The van der Waals surface area contributed by atoms with Crippen molar-refractivity contribution >= 4 is 28.7 Å². The second-order valence-electron chi connectivity index (χ2n) is 3.11. The van der Waals surface area contributed by atoms with Crippen molar-refractivity contribution in [2.45, 2.75) is 0 Å². The van der Waals surface area contributed by atoms with Crippen molar-refractivity contribution in [2.24, 2.45) is 7.05 Å². The lowest BCUT2D eigenvalue weighted by Crippen LogP contribution is -2.08. The minimum atomic E-state index is -0.170. The summed E-state index contributed by atoms with van der Waals surface area (Å²) in [6, 6.07) is 1.75. The number of halogens is 1. The van der Waals surface area contributed by atoms with E-state index in [1.165, 1.54) is 29.3 Å². The molecule has 0 atom stereocenters. The van der Waals surface area contributed by atoms with Crippen molar-refractivity contribution in [3.63, 3.8) is 0 Å². The first-order valence-electron chi connectivity index (χ1n) is 4.49. The van der Waals surface area contributed by atoms with E-state index in [2.05, 4.69) is 5.10 Å². The Balaban J connectivity index is 2.47. The predicted molar refractivity (Wildman–Crippen MR) is 62.5 cm³/mol. The molecule has 0 aliphatic heterocycles. The van der Waals surface area contributed by atoms with E-state index >= 15 is 0 Å². The molecule has 0 amide bonds. The fourth-order valence-electron chi connectivity index (χ4n) is 1.40. The van der Waals surface area contributed by atoms with Gasteiger partial charge in [0.15, 0.2) is 0 Å². The van der Waals surface area contributed by atoms with Crippen LogP contribution in [0, 0.1) is 0 Å². The van der Waals surface area contributed by atoms with Crippen LogP contribution in [0.3, 0.4) is 0 Å². The van der Waals surface area contributed by atoms with E-state index in [-0.39, 0.29) is 5.78 Å². The number of aromatic nitrogens is 2. The van der Waals surface area contributed by atoms with Gasteiger partial charge in [0, 0.05) is 7.05 Å². The van der Waals surface area contributed by atoms with Crippen LogP contribution >= 0.6 is 22.9 Å². The standard InChI is InChI=1S/C10H9ClN2O2S/c1-13-8(6(11)5-12-13)9(14)10-7(15-2)3-4-16-10/h3-5H,1-2H3. The van der Waals surface area contributed by atoms with Crippen molar-refractivity contribution in [2.75, 3.05) is 7.11 Å². The van der Waals surface area contributed by atoms with Crippen molar-refractivity contribution in [3.8, 4) is 5.75 Å². The monoisotopic (exact) mass is 256 g/mol. The van der Waals surface area contributed by atoms with Crippen LogP contribution in [0.4, 0.5) is 0 Å². The molecule has 0 spiro atoms. The largest absolute Gasteiger partial charge is 0.495 e. The van der Waals surface area contributed by atoms with Crippen LogP contribution in [0.15, 0.2) is 17.6 Å². The Kier molecular flexibility index (Phi) is 2.98. The summed E-state index contributed by atoms with van der Waals surface area (Å²) >= 11 is 7.24. The van der Waals surface area contributed by atoms with Crippen LogP contribution in [0.5, 0.6) is 5.75 Å². The maximum Gasteiger partial charge on any atom is 0.226 e. The van der Waals surface area contributed by atoms with Crippen molar-refractivity contribution in [1.82, 2.24) is 9.78 Å². The molecule has 4 nitrogen and oxygen atoms in total. The third-order valence-corrected chi connectivity index (χ3v) is 3.34. The van der Waals surface area contributed by atoms with Crippen molar-refractivity contribution in [3.05, 3.63) is 33.2 Å². The number of thiophene rings is 1. The molecule has 6 heteroatoms. The zero-order valence-corrected chi connectivity index (χ0v) is 10.3. The van der Waals surface area contributed by atoms with Gasteiger partial charge in [-0.05, 0) is 11.4 Å². The van der Waals surface area contributed by atoms with Crippen LogP contribution in [0.2, 0.25) is 5.02 Å². The van der Waals surface area contributed by atoms with Gasteiger partial charge in [0.05, 0.1) is 18.3 Å². The first-order valence-corrected chi connectivity index (χ1v) is 5.74. The molecule has 0 unspecified atom stereocenters. The summed E-state index contributed by atoms with van der Waals surface area (Å²) in [5.41, 5.74) is 0.377. The van der Waals surface area contributed by atoms with E-state index in [4.69, 9.17) is 16.3 Å². The third-order valence-electron chi connectivity index (χ3n) is 2.16. The number of hydrogen-bond donors (Lipinski definition) is 0. The molecule has 0 saturated heterocycles. The molecule has 16 heavy (non-hydrogen) atoms. The van der Waals surface area contributed by atoms with Crippen molar-refractivity contribution < 1.29 is 9.53 Å². The van der Waals surface area contributed by atoms with Gasteiger partial charge in [-0.3, -0.25) is 9.48 Å². The highest BCUT2D eigenvalue weighted by atomic mass is 35.5. The maximum atomic E-state index is 12.2. The molecule has 0 fully saturated rings. The molecule has 0 aliphatic rings. The molecule has 2 heterocycles. The summed E-state index contributed by atoms with van der Waals surface area (Å²) in [7, 11) is 3.21. The van der Waals surface area contributed by atoms with Crippen LogP contribution in [0.1, 0.15) is 15.4 Å². The summed E-state index contributed by atoms with van der Waals surface area (Å²) < 4.78 is 6.56. The van der Waals surface area contributed by atoms with Crippen molar-refractivity contribution in [1.29, 1.82) is 0 Å². The van der Waals surface area contributed by atoms with Gasteiger partial charge in [0.25, 0.3) is 0 Å². The number of ether oxygens (including phenoxy) is 1. The van der Waals surface area contributed by atoms with Crippen LogP contribution in [-0.4, -0.2) is 22.7 Å². The highest BCUT2D eigenvalue weighted by Gasteiger charge is 2.21. The molecule has 84 valence electrons. The van der Waals surface area contributed by atoms with E-state index in [0.29, 0.717) is 21.3 Å². The molecule has 0 bridgehead atoms. The molecule has 0 radical (unpaired) electrons. The molecule has 2 rings (SSSR count). The number of rotatable bonds is 3. The van der Waals surface area contributed by atoms with Crippen LogP contribution < -0.4 is 4.74 Å². The number of ketones is 1. The molecule has 0 N–H and O–H groups in total. The normalized spacial score (nSPS) is 10.4. The van der Waals surface area contributed by atoms with Gasteiger partial charge in [-0.1, -0.05) is 11.6 Å². The van der Waals surface area contributed by atoms with Gasteiger partial charge < -0.3 is 4.74 Å². The Labute approximate surface area is 101 Å². The lowest BCUT2D eigenvalue weighted by molar-refractivity contribution is 0.103. The molecule has 0 saturated carbocycles. The van der Waals surface area contributed by atoms with Crippen LogP contribution in [-0.2, 0) is 7.05 Å². The highest BCUT2D eigenvalue weighted by Crippen LogP contribution is 2.29. The smallest absolute Gasteiger partial charge is 0.226 e. The van der Waals surface area contributed by atoms with Gasteiger partial charge >= 0.3 is 0 Å². The van der Waals surface area contributed by atoms with Crippen LogP contribution in [0.25, 0.3) is 0 Å². The Morgan fingerprint density at radius 1 is 1.62 bits per heavy atom. The molecular weight excluding hydrogens is 248 g/mol. The Morgan fingerprint density at radius 2 is 2.38 bits per heavy atom. The molecule has 2 aromatic rings. The number of carbonyl (C=O) groups is 1. The van der Waals surface area contributed by atoms with Gasteiger partial charge in [-0.25, -0.2) is 0 Å². The topological polar surface area (TPSA) is 44.1 Å². The highest BCUT2D eigenvalue weighted by molar-refractivity contribution is 7.12. The Bertz CT molecular complexity index is 513. The molecule has 0 aromatic carbocycles. The second-order valence-corrected chi connectivity index (χ2v) is 4.44. The van der Waals surface area contributed by atoms with E-state index in [9.17, 15) is 4.79 Å². The third kappa shape index (κ3) is 1.72. The number of hydrogen-bond acceptors (Lipinski definition) is 4. The molecular formula is C10H9ClN2O2S. The maximum absolute atomic E-state index is 12.2. The van der Waals surface area contributed by atoms with E-state index in [1.807, 2.05) is 0 Å². The first-order chi connectivity index (χ1) is 7.65. The Hall–Kier alpha value is -1.33. The fourth-order valence-corrected chi connectivity index (χ4v) is 2.45.